The molecule has 0 aromatic heterocycles. The van der Waals surface area contributed by atoms with Gasteiger partial charge in [0.1, 0.15) is 0 Å². The van der Waals surface area contributed by atoms with Crippen LogP contribution in [0.3, 0.4) is 0 Å². The Morgan fingerprint density at radius 3 is 2.38 bits per heavy atom. The van der Waals surface area contributed by atoms with Crippen LogP contribution in [0.25, 0.3) is 0 Å². The topological polar surface area (TPSA) is 52.6 Å². The molecule has 3 atom stereocenters. The van der Waals surface area contributed by atoms with Gasteiger partial charge in [0.15, 0.2) is 0 Å². The molecular formula is C9H12O4. The van der Waals surface area contributed by atoms with E-state index >= 15 is 0 Å². The minimum absolute atomic E-state index is 0.251. The van der Waals surface area contributed by atoms with Crippen LogP contribution in [0.4, 0.5) is 0 Å². The molecule has 13 heavy (non-hydrogen) atoms. The Labute approximate surface area is 76.2 Å². The maximum atomic E-state index is 11.4. The quantitative estimate of drug-likeness (QED) is 0.581. The van der Waals surface area contributed by atoms with Crippen LogP contribution in [0.5, 0.6) is 0 Å². The Hall–Kier alpha value is -1.06. The maximum absolute atomic E-state index is 11.4. The van der Waals surface area contributed by atoms with Crippen molar-refractivity contribution in [2.24, 2.45) is 17.3 Å². The van der Waals surface area contributed by atoms with Gasteiger partial charge in [-0.2, -0.15) is 0 Å². The van der Waals surface area contributed by atoms with Gasteiger partial charge in [0.25, 0.3) is 0 Å². The Balaban J connectivity index is 2.10. The van der Waals surface area contributed by atoms with Crippen molar-refractivity contribution in [3.05, 3.63) is 0 Å². The SMILES string of the molecule is COC(=O)C1CC2CC21C(=O)OC. The summed E-state index contributed by atoms with van der Waals surface area (Å²) in [6.07, 6.45) is 1.57. The van der Waals surface area contributed by atoms with Crippen molar-refractivity contribution >= 4 is 11.9 Å². The summed E-state index contributed by atoms with van der Waals surface area (Å²) >= 11 is 0. The highest BCUT2D eigenvalue weighted by Gasteiger charge is 2.75. The fourth-order valence-electron chi connectivity index (χ4n) is 2.43. The third-order valence-corrected chi connectivity index (χ3v) is 3.35. The molecule has 2 fully saturated rings. The number of esters is 2. The van der Waals surface area contributed by atoms with Crippen molar-refractivity contribution in [2.45, 2.75) is 12.8 Å². The van der Waals surface area contributed by atoms with Gasteiger partial charge in [-0.15, -0.1) is 0 Å². The Morgan fingerprint density at radius 1 is 1.31 bits per heavy atom. The molecule has 2 rings (SSSR count). The normalized spacial score (nSPS) is 39.8. The molecule has 0 heterocycles. The predicted molar refractivity (Wildman–Crippen MR) is 42.7 cm³/mol. The van der Waals surface area contributed by atoms with Crippen LogP contribution >= 0.6 is 0 Å². The second-order valence-corrected chi connectivity index (χ2v) is 3.74. The van der Waals surface area contributed by atoms with Gasteiger partial charge >= 0.3 is 11.9 Å². The van der Waals surface area contributed by atoms with E-state index in [0.29, 0.717) is 5.92 Å². The van der Waals surface area contributed by atoms with Crippen molar-refractivity contribution in [3.63, 3.8) is 0 Å². The number of methoxy groups -OCH3 is 2. The van der Waals surface area contributed by atoms with Crippen molar-refractivity contribution in [2.75, 3.05) is 14.2 Å². The summed E-state index contributed by atoms with van der Waals surface area (Å²) in [5, 5.41) is 0. The lowest BCUT2D eigenvalue weighted by Crippen LogP contribution is -2.42. The summed E-state index contributed by atoms with van der Waals surface area (Å²) in [6, 6.07) is 0. The van der Waals surface area contributed by atoms with Gasteiger partial charge in [-0.05, 0) is 18.8 Å². The van der Waals surface area contributed by atoms with Crippen LogP contribution in [0.1, 0.15) is 12.8 Å². The molecule has 0 aromatic carbocycles. The Morgan fingerprint density at radius 2 is 2.00 bits per heavy atom. The Kier molecular flexibility index (Phi) is 1.62. The fourth-order valence-corrected chi connectivity index (χ4v) is 2.43. The second-order valence-electron chi connectivity index (χ2n) is 3.74. The van der Waals surface area contributed by atoms with E-state index in [9.17, 15) is 9.59 Å². The summed E-state index contributed by atoms with van der Waals surface area (Å²) in [7, 11) is 2.71. The van der Waals surface area contributed by atoms with Crippen molar-refractivity contribution in [1.82, 2.24) is 0 Å². The number of carbonyl (C=O) groups excluding carboxylic acids is 2. The number of fused-ring (bicyclic) bond motifs is 1. The summed E-state index contributed by atoms with van der Waals surface area (Å²) in [4.78, 5) is 22.6. The third kappa shape index (κ3) is 0.857. The van der Waals surface area contributed by atoms with Gasteiger partial charge in [0.2, 0.25) is 0 Å². The largest absolute Gasteiger partial charge is 0.469 e. The highest BCUT2D eigenvalue weighted by Crippen LogP contribution is 2.71. The van der Waals surface area contributed by atoms with E-state index in [1.165, 1.54) is 14.2 Å². The molecule has 0 N–H and O–H groups in total. The molecule has 0 aromatic rings. The van der Waals surface area contributed by atoms with Crippen LogP contribution in [0.15, 0.2) is 0 Å². The van der Waals surface area contributed by atoms with Gasteiger partial charge in [0, 0.05) is 0 Å². The van der Waals surface area contributed by atoms with Crippen molar-refractivity contribution in [3.8, 4) is 0 Å². The van der Waals surface area contributed by atoms with Crippen LogP contribution in [-0.2, 0) is 19.1 Å². The summed E-state index contributed by atoms with van der Waals surface area (Å²) < 4.78 is 9.30. The zero-order valence-corrected chi connectivity index (χ0v) is 7.70. The number of ether oxygens (including phenoxy) is 2. The molecule has 0 saturated heterocycles. The van der Waals surface area contributed by atoms with Gasteiger partial charge in [-0.3, -0.25) is 9.59 Å². The van der Waals surface area contributed by atoms with Gasteiger partial charge in [-0.25, -0.2) is 0 Å². The molecule has 0 radical (unpaired) electrons. The average molecular weight is 184 g/mol. The standard InChI is InChI=1S/C9H12O4/c1-12-7(10)6-3-5-4-9(5,6)8(11)13-2/h5-6H,3-4H2,1-2H3. The van der Waals surface area contributed by atoms with Gasteiger partial charge in [0.05, 0.1) is 25.6 Å². The molecule has 2 aliphatic rings. The van der Waals surface area contributed by atoms with Gasteiger partial charge in [-0.1, -0.05) is 0 Å². The minimum Gasteiger partial charge on any atom is -0.469 e. The molecule has 2 aliphatic carbocycles. The smallest absolute Gasteiger partial charge is 0.312 e. The number of rotatable bonds is 2. The number of carbonyl (C=O) groups is 2. The van der Waals surface area contributed by atoms with Gasteiger partial charge < -0.3 is 9.47 Å². The molecular weight excluding hydrogens is 172 g/mol. The molecule has 0 amide bonds. The van der Waals surface area contributed by atoms with E-state index in [0.717, 1.165) is 12.8 Å². The zero-order chi connectivity index (χ0) is 9.64. The van der Waals surface area contributed by atoms with Crippen LogP contribution < -0.4 is 0 Å². The average Bonchev–Trinajstić information content (AvgIpc) is 2.71. The lowest BCUT2D eigenvalue weighted by Gasteiger charge is -2.31. The first-order valence-electron chi connectivity index (χ1n) is 4.33. The second kappa shape index (κ2) is 2.47. The van der Waals surface area contributed by atoms with Crippen LogP contribution in [0, 0.1) is 17.3 Å². The lowest BCUT2D eigenvalue weighted by molar-refractivity contribution is -0.166. The Bertz CT molecular complexity index is 271. The van der Waals surface area contributed by atoms with E-state index in [1.807, 2.05) is 0 Å². The number of hydrogen-bond donors (Lipinski definition) is 0. The van der Waals surface area contributed by atoms with E-state index in [4.69, 9.17) is 0 Å². The van der Waals surface area contributed by atoms with E-state index < -0.39 is 5.41 Å². The molecule has 0 aliphatic heterocycles. The molecule has 72 valence electrons. The molecule has 2 saturated carbocycles. The van der Waals surface area contributed by atoms with Crippen molar-refractivity contribution in [1.29, 1.82) is 0 Å². The van der Waals surface area contributed by atoms with Crippen LogP contribution in [0.2, 0.25) is 0 Å². The summed E-state index contributed by atoms with van der Waals surface area (Å²) in [6.45, 7) is 0. The molecule has 0 bridgehead atoms. The first-order chi connectivity index (χ1) is 6.16. The predicted octanol–water partition coefficient (Wildman–Crippen LogP) is 0.359. The zero-order valence-electron chi connectivity index (χ0n) is 7.70. The first-order valence-corrected chi connectivity index (χ1v) is 4.33. The molecule has 4 nitrogen and oxygen atoms in total. The van der Waals surface area contributed by atoms with E-state index in [-0.39, 0.29) is 17.9 Å². The molecule has 0 spiro atoms. The summed E-state index contributed by atoms with van der Waals surface area (Å²) in [5.74, 6) is -0.419. The number of hydrogen-bond acceptors (Lipinski definition) is 4. The molecule has 3 unspecified atom stereocenters. The van der Waals surface area contributed by atoms with Crippen LogP contribution in [-0.4, -0.2) is 26.2 Å². The molecule has 4 heteroatoms. The monoisotopic (exact) mass is 184 g/mol. The minimum atomic E-state index is -0.498. The first kappa shape index (κ1) is 8.53. The van der Waals surface area contributed by atoms with E-state index in [2.05, 4.69) is 9.47 Å². The fraction of sp³-hybridized carbons (Fsp3) is 0.778. The summed E-state index contributed by atoms with van der Waals surface area (Å²) in [5.41, 5.74) is -0.498. The van der Waals surface area contributed by atoms with Crippen molar-refractivity contribution < 1.29 is 19.1 Å². The highest BCUT2D eigenvalue weighted by molar-refractivity contribution is 5.91. The third-order valence-electron chi connectivity index (χ3n) is 3.35. The highest BCUT2D eigenvalue weighted by atomic mass is 16.5. The maximum Gasteiger partial charge on any atom is 0.312 e. The lowest BCUT2D eigenvalue weighted by atomic mass is 9.73. The van der Waals surface area contributed by atoms with E-state index in [1.54, 1.807) is 0 Å².